The van der Waals surface area contributed by atoms with Gasteiger partial charge in [-0.15, -0.1) is 0 Å². The zero-order chi connectivity index (χ0) is 25.2. The topological polar surface area (TPSA) is 73.2 Å². The van der Waals surface area contributed by atoms with Gasteiger partial charge >= 0.3 is 7.82 Å². The molecule has 2 aliphatic heterocycles. The van der Waals surface area contributed by atoms with E-state index in [2.05, 4.69) is 85.4 Å². The molecule has 3 rings (SSSR count). The molecule has 6 nitrogen and oxygen atoms in total. The van der Waals surface area contributed by atoms with Crippen LogP contribution in [0.25, 0.3) is 0 Å². The van der Waals surface area contributed by atoms with Gasteiger partial charge in [0.15, 0.2) is 0 Å². The zero-order valence-electron chi connectivity index (χ0n) is 22.3. The first-order valence-corrected chi connectivity index (χ1v) is 13.7. The number of hydrogen-bond donors (Lipinski definition) is 2. The molecule has 0 aromatic heterocycles. The molecule has 188 valence electrons. The highest BCUT2D eigenvalue weighted by atomic mass is 31.2. The summed E-state index contributed by atoms with van der Waals surface area (Å²) in [5, 5.41) is 0. The Balaban J connectivity index is 2.17. The van der Waals surface area contributed by atoms with E-state index in [1.165, 1.54) is 5.56 Å². The smallest absolute Gasteiger partial charge is 0.404 e. The highest BCUT2D eigenvalue weighted by molar-refractivity contribution is 7.46. The Kier molecular flexibility index (Phi) is 6.75. The number of nitrogens with zero attached hydrogens (tertiary/aromatic N) is 2. The molecule has 0 saturated carbocycles. The van der Waals surface area contributed by atoms with E-state index in [1.54, 1.807) is 6.07 Å². The van der Waals surface area contributed by atoms with Crippen molar-refractivity contribution in [2.24, 2.45) is 0 Å². The van der Waals surface area contributed by atoms with Crippen molar-refractivity contribution in [2.45, 2.75) is 115 Å². The van der Waals surface area contributed by atoms with E-state index in [0.29, 0.717) is 5.75 Å². The minimum atomic E-state index is -4.68. The quantitative estimate of drug-likeness (QED) is 0.524. The Morgan fingerprint density at radius 2 is 1.18 bits per heavy atom. The highest BCUT2D eigenvalue weighted by Crippen LogP contribution is 2.53. The normalized spacial score (nSPS) is 26.3. The summed E-state index contributed by atoms with van der Waals surface area (Å²) < 4.78 is 17.3. The molecule has 1 aromatic carbocycles. The Morgan fingerprint density at radius 3 is 1.58 bits per heavy atom. The molecule has 0 aliphatic carbocycles. The van der Waals surface area contributed by atoms with Crippen LogP contribution in [-0.4, -0.2) is 55.8 Å². The zero-order valence-corrected chi connectivity index (χ0v) is 23.2. The number of rotatable bonds is 4. The highest BCUT2D eigenvalue weighted by Gasteiger charge is 2.47. The third-order valence-electron chi connectivity index (χ3n) is 8.78. The van der Waals surface area contributed by atoms with Gasteiger partial charge < -0.3 is 4.52 Å². The van der Waals surface area contributed by atoms with Crippen molar-refractivity contribution >= 4 is 7.82 Å². The minimum Gasteiger partial charge on any atom is -0.404 e. The van der Waals surface area contributed by atoms with E-state index >= 15 is 0 Å². The summed E-state index contributed by atoms with van der Waals surface area (Å²) in [5.41, 5.74) is 2.10. The second-order valence-electron chi connectivity index (χ2n) is 12.9. The molecule has 2 saturated heterocycles. The van der Waals surface area contributed by atoms with Gasteiger partial charge in [-0.2, -0.15) is 0 Å². The molecule has 2 aliphatic rings. The average Bonchev–Trinajstić information content (AvgIpc) is 2.61. The Bertz CT molecular complexity index is 898. The molecule has 2 N–H and O–H groups in total. The SMILES string of the molecule is CN1C(C)(C)CC(c2cccc(OP(=O)(O)O)c2C2CC(C)(C)N(C)C(C)(C)C2)CC1(C)C. The van der Waals surface area contributed by atoms with Crippen LogP contribution in [-0.2, 0) is 4.57 Å². The van der Waals surface area contributed by atoms with Gasteiger partial charge in [0, 0.05) is 27.7 Å². The van der Waals surface area contributed by atoms with E-state index in [-0.39, 0.29) is 34.0 Å². The second kappa shape index (κ2) is 8.34. The number of benzene rings is 1. The lowest BCUT2D eigenvalue weighted by Gasteiger charge is -2.55. The lowest BCUT2D eigenvalue weighted by molar-refractivity contribution is -0.0173. The first-order valence-electron chi connectivity index (χ1n) is 12.1. The molecule has 2 fully saturated rings. The van der Waals surface area contributed by atoms with Crippen molar-refractivity contribution in [3.63, 3.8) is 0 Å². The third kappa shape index (κ3) is 5.36. The van der Waals surface area contributed by atoms with Gasteiger partial charge in [-0.3, -0.25) is 19.6 Å². The summed E-state index contributed by atoms with van der Waals surface area (Å²) >= 11 is 0. The fourth-order valence-electron chi connectivity index (χ4n) is 6.73. The van der Waals surface area contributed by atoms with E-state index < -0.39 is 7.82 Å². The van der Waals surface area contributed by atoms with Crippen molar-refractivity contribution in [3.05, 3.63) is 29.3 Å². The molecule has 0 radical (unpaired) electrons. The second-order valence-corrected chi connectivity index (χ2v) is 14.1. The molecule has 0 unspecified atom stereocenters. The van der Waals surface area contributed by atoms with Crippen LogP contribution in [0.4, 0.5) is 0 Å². The van der Waals surface area contributed by atoms with Crippen LogP contribution >= 0.6 is 7.82 Å². The Labute approximate surface area is 200 Å². The number of piperidine rings is 2. The van der Waals surface area contributed by atoms with Gasteiger partial charge in [0.1, 0.15) is 5.75 Å². The van der Waals surface area contributed by atoms with Crippen molar-refractivity contribution in [1.29, 1.82) is 0 Å². The Hall–Kier alpha value is -0.910. The fraction of sp³-hybridized carbons (Fsp3) is 0.769. The summed E-state index contributed by atoms with van der Waals surface area (Å²) in [7, 11) is -0.303. The van der Waals surface area contributed by atoms with E-state index in [4.69, 9.17) is 4.52 Å². The van der Waals surface area contributed by atoms with Gasteiger partial charge in [-0.25, -0.2) is 4.57 Å². The number of phosphoric acid groups is 1. The minimum absolute atomic E-state index is 0.00905. The molecule has 2 heterocycles. The predicted molar refractivity (Wildman–Crippen MR) is 135 cm³/mol. The van der Waals surface area contributed by atoms with Crippen LogP contribution in [0.15, 0.2) is 18.2 Å². The first kappa shape index (κ1) is 26.7. The van der Waals surface area contributed by atoms with Crippen molar-refractivity contribution < 1.29 is 18.9 Å². The summed E-state index contributed by atoms with van der Waals surface area (Å²) in [6, 6.07) is 5.80. The maximum atomic E-state index is 11.9. The van der Waals surface area contributed by atoms with Gasteiger partial charge in [-0.1, -0.05) is 12.1 Å². The predicted octanol–water partition coefficient (Wildman–Crippen LogP) is 5.89. The van der Waals surface area contributed by atoms with Crippen molar-refractivity contribution in [3.8, 4) is 5.75 Å². The van der Waals surface area contributed by atoms with Gasteiger partial charge in [-0.05, 0) is 119 Å². The number of likely N-dealkylation sites (tertiary alicyclic amines) is 2. The molecule has 0 bridgehead atoms. The molecule has 1 aromatic rings. The number of phosphoric ester groups is 1. The maximum absolute atomic E-state index is 11.9. The van der Waals surface area contributed by atoms with E-state index in [0.717, 1.165) is 31.2 Å². The standard InChI is InChI=1S/C26H45N2O4P/c1-23(2)14-18(15-24(3,4)27(23)9)20-12-11-13-21(32-33(29,30)31)22(20)19-16-25(5,6)28(10)26(7,8)17-19/h11-13,18-19H,14-17H2,1-10H3,(H2,29,30,31). The average molecular weight is 481 g/mol. The van der Waals surface area contributed by atoms with E-state index in [1.807, 2.05) is 6.07 Å². The molecule has 7 heteroatoms. The van der Waals surface area contributed by atoms with Crippen LogP contribution in [0.1, 0.15) is 104 Å². The maximum Gasteiger partial charge on any atom is 0.524 e. The largest absolute Gasteiger partial charge is 0.524 e. The molecule has 0 amide bonds. The van der Waals surface area contributed by atoms with Gasteiger partial charge in [0.05, 0.1) is 0 Å². The summed E-state index contributed by atoms with van der Waals surface area (Å²) in [4.78, 5) is 24.3. The lowest BCUT2D eigenvalue weighted by Crippen LogP contribution is -2.58. The van der Waals surface area contributed by atoms with Gasteiger partial charge in [0.25, 0.3) is 0 Å². The van der Waals surface area contributed by atoms with Crippen LogP contribution < -0.4 is 4.52 Å². The van der Waals surface area contributed by atoms with Crippen LogP contribution in [0.2, 0.25) is 0 Å². The molecule has 0 atom stereocenters. The molecular formula is C26H45N2O4P. The van der Waals surface area contributed by atoms with Crippen LogP contribution in [0, 0.1) is 0 Å². The monoisotopic (exact) mass is 480 g/mol. The summed E-state index contributed by atoms with van der Waals surface area (Å²) in [6.45, 7) is 18.2. The molecular weight excluding hydrogens is 435 g/mol. The van der Waals surface area contributed by atoms with Gasteiger partial charge in [0.2, 0.25) is 0 Å². The lowest BCUT2D eigenvalue weighted by atomic mass is 9.66. The molecule has 0 spiro atoms. The summed E-state index contributed by atoms with van der Waals surface area (Å²) in [6.07, 6.45) is 3.78. The first-order chi connectivity index (χ1) is 14.8. The summed E-state index contributed by atoms with van der Waals surface area (Å²) in [5.74, 6) is 0.777. The number of hydrogen-bond acceptors (Lipinski definition) is 4. The fourth-order valence-corrected chi connectivity index (χ4v) is 7.14. The van der Waals surface area contributed by atoms with Crippen molar-refractivity contribution in [1.82, 2.24) is 9.80 Å². The molecule has 33 heavy (non-hydrogen) atoms. The Morgan fingerprint density at radius 1 is 0.788 bits per heavy atom. The van der Waals surface area contributed by atoms with Crippen LogP contribution in [0.3, 0.4) is 0 Å². The van der Waals surface area contributed by atoms with Crippen molar-refractivity contribution in [2.75, 3.05) is 14.1 Å². The van der Waals surface area contributed by atoms with Crippen LogP contribution in [0.5, 0.6) is 5.75 Å². The third-order valence-corrected chi connectivity index (χ3v) is 9.22. The van der Waals surface area contributed by atoms with E-state index in [9.17, 15) is 14.4 Å².